The Bertz CT molecular complexity index is 1570. The molecule has 35 heavy (non-hydrogen) atoms. The third kappa shape index (κ3) is 4.36. The first kappa shape index (κ1) is 22.6. The first-order chi connectivity index (χ1) is 16.9. The van der Waals surface area contributed by atoms with Gasteiger partial charge in [-0.3, -0.25) is 9.59 Å². The number of hydrogen-bond donors (Lipinski definition) is 1. The van der Waals surface area contributed by atoms with E-state index in [9.17, 15) is 9.59 Å². The number of para-hydroxylation sites is 1. The topological polar surface area (TPSA) is 94.6 Å². The van der Waals surface area contributed by atoms with Crippen LogP contribution in [0.15, 0.2) is 86.2 Å². The summed E-state index contributed by atoms with van der Waals surface area (Å²) in [5.41, 5.74) is 3.10. The number of aromatic nitrogens is 1. The van der Waals surface area contributed by atoms with E-state index in [1.807, 2.05) is 31.2 Å². The Morgan fingerprint density at radius 2 is 1.77 bits per heavy atom. The van der Waals surface area contributed by atoms with Gasteiger partial charge >= 0.3 is 0 Å². The molecule has 7 nitrogen and oxygen atoms in total. The van der Waals surface area contributed by atoms with E-state index >= 15 is 0 Å². The van der Waals surface area contributed by atoms with Gasteiger partial charge in [0.25, 0.3) is 5.91 Å². The van der Waals surface area contributed by atoms with Gasteiger partial charge in [0.1, 0.15) is 11.3 Å². The molecule has 0 aliphatic heterocycles. The number of amides is 1. The lowest BCUT2D eigenvalue weighted by Gasteiger charge is -2.07. The monoisotopic (exact) mass is 530 g/mol. The number of anilines is 1. The molecule has 0 atom stereocenters. The van der Waals surface area contributed by atoms with Crippen LogP contribution >= 0.6 is 15.9 Å². The maximum atomic E-state index is 13.4. The van der Waals surface area contributed by atoms with Gasteiger partial charge in [-0.1, -0.05) is 47.1 Å². The summed E-state index contributed by atoms with van der Waals surface area (Å²) in [6.07, 6.45) is 0. The number of carbonyl (C=O) groups excluding carboxylic acids is 2. The number of fused-ring (bicyclic) bond motifs is 1. The van der Waals surface area contributed by atoms with E-state index in [0.717, 1.165) is 11.1 Å². The number of hydrogen-bond acceptors (Lipinski definition) is 6. The molecule has 0 fully saturated rings. The summed E-state index contributed by atoms with van der Waals surface area (Å²) in [6, 6.07) is 21.3. The van der Waals surface area contributed by atoms with Gasteiger partial charge in [-0.25, -0.2) is 0 Å². The summed E-state index contributed by atoms with van der Waals surface area (Å²) in [5, 5.41) is 7.31. The van der Waals surface area contributed by atoms with Crippen LogP contribution in [0.4, 0.5) is 5.69 Å². The molecule has 0 saturated carbocycles. The van der Waals surface area contributed by atoms with Crippen molar-refractivity contribution in [3.8, 4) is 17.1 Å². The molecule has 1 N–H and O–H groups in total. The van der Waals surface area contributed by atoms with Gasteiger partial charge in [-0.05, 0) is 53.2 Å². The van der Waals surface area contributed by atoms with E-state index in [1.54, 1.807) is 55.6 Å². The summed E-state index contributed by atoms with van der Waals surface area (Å²) in [4.78, 5) is 26.5. The summed E-state index contributed by atoms with van der Waals surface area (Å²) < 4.78 is 17.1. The molecule has 8 heteroatoms. The SMILES string of the molecule is COc1ccc(C(=O)c2oc3ccccc3c2NC(=O)c2cc(-c3ccc(C)cc3)on2)cc1Br. The van der Waals surface area contributed by atoms with E-state index < -0.39 is 5.91 Å². The number of halogens is 1. The van der Waals surface area contributed by atoms with Gasteiger partial charge in [0.2, 0.25) is 5.78 Å². The number of nitrogens with zero attached hydrogens (tertiary/aromatic N) is 1. The average Bonchev–Trinajstić information content (AvgIpc) is 3.50. The molecule has 0 aliphatic rings. The number of carbonyl (C=O) groups is 2. The largest absolute Gasteiger partial charge is 0.496 e. The molecule has 0 spiro atoms. The molecule has 2 aromatic heterocycles. The van der Waals surface area contributed by atoms with Gasteiger partial charge in [0, 0.05) is 22.6 Å². The second kappa shape index (κ2) is 9.23. The average molecular weight is 531 g/mol. The van der Waals surface area contributed by atoms with Gasteiger partial charge in [-0.2, -0.15) is 0 Å². The normalized spacial score (nSPS) is 10.9. The van der Waals surface area contributed by atoms with E-state index in [2.05, 4.69) is 26.4 Å². The smallest absolute Gasteiger partial charge is 0.277 e. The lowest BCUT2D eigenvalue weighted by molar-refractivity contribution is 0.101. The van der Waals surface area contributed by atoms with E-state index in [0.29, 0.717) is 32.5 Å². The summed E-state index contributed by atoms with van der Waals surface area (Å²) in [6.45, 7) is 1.99. The van der Waals surface area contributed by atoms with Crippen LogP contribution in [0.25, 0.3) is 22.3 Å². The molecule has 2 heterocycles. The second-order valence-corrected chi connectivity index (χ2v) is 8.73. The molecular weight excluding hydrogens is 512 g/mol. The zero-order chi connectivity index (χ0) is 24.5. The zero-order valence-electron chi connectivity index (χ0n) is 18.8. The molecular formula is C27H19BrN2O5. The fourth-order valence-electron chi connectivity index (χ4n) is 3.68. The molecule has 0 radical (unpaired) electrons. The summed E-state index contributed by atoms with van der Waals surface area (Å²) in [7, 11) is 1.54. The Kier molecular flexibility index (Phi) is 5.96. The van der Waals surface area contributed by atoms with Crippen LogP contribution in [0.2, 0.25) is 0 Å². The fourth-order valence-corrected chi connectivity index (χ4v) is 4.22. The lowest BCUT2D eigenvalue weighted by atomic mass is 10.1. The van der Waals surface area contributed by atoms with E-state index in [4.69, 9.17) is 13.7 Å². The van der Waals surface area contributed by atoms with Crippen LogP contribution in [0, 0.1) is 6.92 Å². The number of aryl methyl sites for hydroxylation is 1. The number of ketones is 1. The number of nitrogens with one attached hydrogen (secondary N) is 1. The van der Waals surface area contributed by atoms with Gasteiger partial charge in [0.15, 0.2) is 17.2 Å². The Labute approximate surface area is 208 Å². The predicted molar refractivity (Wildman–Crippen MR) is 135 cm³/mol. The van der Waals surface area contributed by atoms with Crippen molar-refractivity contribution in [1.29, 1.82) is 0 Å². The Morgan fingerprint density at radius 3 is 2.51 bits per heavy atom. The molecule has 0 unspecified atom stereocenters. The van der Waals surface area contributed by atoms with E-state index in [1.165, 1.54) is 0 Å². The number of rotatable bonds is 6. The number of benzene rings is 3. The maximum Gasteiger partial charge on any atom is 0.277 e. The van der Waals surface area contributed by atoms with Crippen LogP contribution in [0.1, 0.15) is 32.2 Å². The van der Waals surface area contributed by atoms with E-state index in [-0.39, 0.29) is 22.9 Å². The summed E-state index contributed by atoms with van der Waals surface area (Å²) >= 11 is 3.40. The van der Waals surface area contributed by atoms with Crippen molar-refractivity contribution < 1.29 is 23.3 Å². The number of furan rings is 1. The minimum Gasteiger partial charge on any atom is -0.496 e. The van der Waals surface area contributed by atoms with Crippen molar-refractivity contribution in [2.24, 2.45) is 0 Å². The van der Waals surface area contributed by atoms with Crippen LogP contribution in [-0.4, -0.2) is 24.0 Å². The maximum absolute atomic E-state index is 13.4. The highest BCUT2D eigenvalue weighted by Gasteiger charge is 2.25. The molecule has 5 rings (SSSR count). The molecule has 0 aliphatic carbocycles. The van der Waals surface area contributed by atoms with Crippen LogP contribution in [0.3, 0.4) is 0 Å². The molecule has 3 aromatic carbocycles. The third-order valence-corrected chi connectivity index (χ3v) is 6.15. The standard InChI is InChI=1S/C27H19BrN2O5/c1-15-7-9-16(10-8-15)23-14-20(30-35-23)27(32)29-24-18-5-3-4-6-21(18)34-26(24)25(31)17-11-12-22(33-2)19(28)13-17/h3-14H,1-2H3,(H,29,32). The van der Waals surface area contributed by atoms with Crippen molar-refractivity contribution >= 4 is 44.3 Å². The molecule has 1 amide bonds. The number of ether oxygens (including phenoxy) is 1. The van der Waals surface area contributed by atoms with Crippen molar-refractivity contribution in [2.75, 3.05) is 12.4 Å². The van der Waals surface area contributed by atoms with Gasteiger partial charge in [0.05, 0.1) is 17.3 Å². The van der Waals surface area contributed by atoms with Crippen molar-refractivity contribution in [3.05, 3.63) is 99.9 Å². The third-order valence-electron chi connectivity index (χ3n) is 5.53. The highest BCUT2D eigenvalue weighted by Crippen LogP contribution is 2.34. The first-order valence-electron chi connectivity index (χ1n) is 10.7. The highest BCUT2D eigenvalue weighted by molar-refractivity contribution is 9.10. The van der Waals surface area contributed by atoms with Gasteiger partial charge < -0.3 is 19.0 Å². The fraction of sp³-hybridized carbons (Fsp3) is 0.0741. The quantitative estimate of drug-likeness (QED) is 0.247. The van der Waals surface area contributed by atoms with Crippen molar-refractivity contribution in [2.45, 2.75) is 6.92 Å². The van der Waals surface area contributed by atoms with Crippen LogP contribution < -0.4 is 10.1 Å². The van der Waals surface area contributed by atoms with Crippen LogP contribution in [-0.2, 0) is 0 Å². The lowest BCUT2D eigenvalue weighted by Crippen LogP contribution is -2.14. The minimum atomic E-state index is -0.524. The Morgan fingerprint density at radius 1 is 1.00 bits per heavy atom. The summed E-state index contributed by atoms with van der Waals surface area (Å²) in [5.74, 6) is 0.157. The van der Waals surface area contributed by atoms with Crippen LogP contribution in [0.5, 0.6) is 5.75 Å². The second-order valence-electron chi connectivity index (χ2n) is 7.88. The van der Waals surface area contributed by atoms with Gasteiger partial charge in [-0.15, -0.1) is 0 Å². The highest BCUT2D eigenvalue weighted by atomic mass is 79.9. The zero-order valence-corrected chi connectivity index (χ0v) is 20.4. The molecule has 0 saturated heterocycles. The van der Waals surface area contributed by atoms with Crippen molar-refractivity contribution in [1.82, 2.24) is 5.16 Å². The minimum absolute atomic E-state index is 0.0128. The van der Waals surface area contributed by atoms with Crippen molar-refractivity contribution in [3.63, 3.8) is 0 Å². The molecule has 174 valence electrons. The first-order valence-corrected chi connectivity index (χ1v) is 11.5. The molecule has 0 bridgehead atoms. The Hall–Kier alpha value is -4.17. The predicted octanol–water partition coefficient (Wildman–Crippen LogP) is 6.65. The molecule has 5 aromatic rings. The Balaban J connectivity index is 1.49. The number of methoxy groups -OCH3 is 1.